The van der Waals surface area contributed by atoms with Crippen LogP contribution in [0.15, 0.2) is 21.9 Å². The summed E-state index contributed by atoms with van der Waals surface area (Å²) in [5.74, 6) is -3.69. The Kier molecular flexibility index (Phi) is 5.48. The molecule has 1 aliphatic carbocycles. The minimum Gasteiger partial charge on any atom is -0.382 e. The molecule has 1 aliphatic heterocycles. The molecule has 2 aliphatic rings. The zero-order chi connectivity index (χ0) is 23.8. The summed E-state index contributed by atoms with van der Waals surface area (Å²) in [7, 11) is -17.6. The van der Waals surface area contributed by atoms with Crippen molar-refractivity contribution in [1.82, 2.24) is 9.55 Å². The van der Waals surface area contributed by atoms with E-state index in [0.717, 1.165) is 12.3 Å². The second kappa shape index (κ2) is 6.93. The van der Waals surface area contributed by atoms with E-state index in [4.69, 9.17) is 14.7 Å². The Morgan fingerprint density at radius 1 is 1.13 bits per heavy atom. The van der Waals surface area contributed by atoms with E-state index >= 15 is 4.39 Å². The second-order valence-electron chi connectivity index (χ2n) is 6.57. The van der Waals surface area contributed by atoms with Crippen molar-refractivity contribution < 1.29 is 65.0 Å². The van der Waals surface area contributed by atoms with Gasteiger partial charge in [-0.3, -0.25) is 18.9 Å². The van der Waals surface area contributed by atoms with Crippen LogP contribution in [0.5, 0.6) is 0 Å². The molecule has 1 aromatic rings. The molecule has 2 heterocycles. The Balaban J connectivity index is 1.84. The number of phosphoric acid groups is 3. The van der Waals surface area contributed by atoms with Crippen LogP contribution in [0.2, 0.25) is 0 Å². The number of hydrogen-bond donors (Lipinski definition) is 6. The van der Waals surface area contributed by atoms with Crippen LogP contribution in [-0.4, -0.2) is 57.5 Å². The lowest BCUT2D eigenvalue weighted by molar-refractivity contribution is -0.178. The quantitative estimate of drug-likeness (QED) is 0.236. The minimum atomic E-state index is -5.97. The van der Waals surface area contributed by atoms with Gasteiger partial charge in [-0.05, 0) is 6.92 Å². The van der Waals surface area contributed by atoms with Crippen LogP contribution in [0.1, 0.15) is 13.2 Å². The van der Waals surface area contributed by atoms with Crippen LogP contribution in [0.25, 0.3) is 0 Å². The van der Waals surface area contributed by atoms with Crippen molar-refractivity contribution in [2.24, 2.45) is 0 Å². The molecule has 0 bridgehead atoms. The van der Waals surface area contributed by atoms with E-state index in [-0.39, 0.29) is 0 Å². The van der Waals surface area contributed by atoms with Crippen LogP contribution >= 0.6 is 23.5 Å². The Morgan fingerprint density at radius 3 is 2.16 bits per heavy atom. The van der Waals surface area contributed by atoms with Crippen LogP contribution in [-0.2, 0) is 31.6 Å². The standard InChI is InChI=1S/C10H13F2N2O14P3/c1-8(17)6(14-3-2-4(15)13-7(14)16)25-10(12)5(9(8,10)11)26-30(21,22)28-31(23,24)27-29(18,19)20/h2-3,5-6,17H,1H3,(H,21,22)(H,23,24)(H,13,15,16)(H2,18,19,20)/t5?,6-,8+,9+,10-/m1/s1. The zero-order valence-electron chi connectivity index (χ0n) is 14.8. The van der Waals surface area contributed by atoms with Gasteiger partial charge in [-0.25, -0.2) is 27.3 Å². The maximum atomic E-state index is 15.3. The first kappa shape index (κ1) is 24.5. The molecule has 21 heteroatoms. The van der Waals surface area contributed by atoms with E-state index in [9.17, 15) is 37.7 Å². The summed E-state index contributed by atoms with van der Waals surface area (Å²) in [6, 6.07) is 0.768. The highest BCUT2D eigenvalue weighted by molar-refractivity contribution is 7.66. The molecule has 1 saturated heterocycles. The Morgan fingerprint density at radius 2 is 1.71 bits per heavy atom. The lowest BCUT2D eigenvalue weighted by Crippen LogP contribution is -2.49. The second-order valence-corrected chi connectivity index (χ2v) is 10.9. The van der Waals surface area contributed by atoms with Gasteiger partial charge in [0.2, 0.25) is 5.67 Å². The lowest BCUT2D eigenvalue weighted by atomic mass is 9.96. The third-order valence-electron chi connectivity index (χ3n) is 4.37. The molecule has 0 amide bonds. The van der Waals surface area contributed by atoms with Gasteiger partial charge in [0, 0.05) is 12.3 Å². The van der Waals surface area contributed by atoms with Crippen molar-refractivity contribution in [3.05, 3.63) is 33.1 Å². The van der Waals surface area contributed by atoms with Gasteiger partial charge in [-0.15, -0.1) is 0 Å². The number of alkyl halides is 2. The fourth-order valence-corrected chi connectivity index (χ4v) is 6.29. The number of aromatic amines is 1. The highest BCUT2D eigenvalue weighted by atomic mass is 31.3. The van der Waals surface area contributed by atoms with Crippen molar-refractivity contribution in [2.45, 2.75) is 36.4 Å². The summed E-state index contributed by atoms with van der Waals surface area (Å²) in [4.78, 5) is 60.1. The van der Waals surface area contributed by atoms with Crippen molar-refractivity contribution in [1.29, 1.82) is 0 Å². The molecule has 2 fully saturated rings. The molecular formula is C10H13F2N2O14P3. The monoisotopic (exact) mass is 516 g/mol. The predicted octanol–water partition coefficient (Wildman–Crippen LogP) is -1.08. The molecule has 0 aromatic carbocycles. The normalized spacial score (nSPS) is 38.8. The molecule has 3 unspecified atom stereocenters. The highest BCUT2D eigenvalue weighted by Crippen LogP contribution is 2.75. The highest BCUT2D eigenvalue weighted by Gasteiger charge is 2.97. The van der Waals surface area contributed by atoms with Crippen LogP contribution < -0.4 is 11.2 Å². The summed E-state index contributed by atoms with van der Waals surface area (Å²) in [6.45, 7) is 0.622. The molecule has 0 radical (unpaired) electrons. The summed E-state index contributed by atoms with van der Waals surface area (Å²) in [5, 5.41) is 10.5. The SMILES string of the molecule is C[C@]1(O)[C@H](n2ccc(=O)[nH]c2=O)O[C@]2(F)C(OP(=O)(O)OP(=O)(O)OP(=O)(O)O)[C@]12F. The molecule has 31 heavy (non-hydrogen) atoms. The first-order chi connectivity index (χ1) is 13.8. The topological polar surface area (TPSA) is 244 Å². The number of ether oxygens (including phenoxy) is 1. The number of nitrogens with one attached hydrogen (secondary N) is 1. The van der Waals surface area contributed by atoms with Crippen LogP contribution in [0.4, 0.5) is 8.78 Å². The Labute approximate surface area is 168 Å². The van der Waals surface area contributed by atoms with Crippen LogP contribution in [0.3, 0.4) is 0 Å². The van der Waals surface area contributed by atoms with Gasteiger partial charge < -0.3 is 29.4 Å². The molecular weight excluding hydrogens is 503 g/mol. The van der Waals surface area contributed by atoms with Crippen molar-refractivity contribution in [3.63, 3.8) is 0 Å². The van der Waals surface area contributed by atoms with Crippen molar-refractivity contribution in [3.8, 4) is 0 Å². The Bertz CT molecular complexity index is 1180. The van der Waals surface area contributed by atoms with Gasteiger partial charge in [0.05, 0.1) is 0 Å². The average Bonchev–Trinajstić information content (AvgIpc) is 2.91. The largest absolute Gasteiger partial charge is 0.490 e. The number of aromatic nitrogens is 2. The summed E-state index contributed by atoms with van der Waals surface area (Å²) in [5.41, 5.74) is -8.74. The van der Waals surface area contributed by atoms with E-state index in [1.165, 1.54) is 0 Å². The molecule has 16 nitrogen and oxygen atoms in total. The molecule has 1 saturated carbocycles. The van der Waals surface area contributed by atoms with E-state index < -0.39 is 64.2 Å². The van der Waals surface area contributed by atoms with Crippen molar-refractivity contribution in [2.75, 3.05) is 0 Å². The van der Waals surface area contributed by atoms with Gasteiger partial charge in [-0.2, -0.15) is 8.62 Å². The number of hydrogen-bond acceptors (Lipinski definition) is 10. The molecule has 3 rings (SSSR count). The summed E-state index contributed by atoms with van der Waals surface area (Å²) < 4.78 is 79.9. The first-order valence-electron chi connectivity index (χ1n) is 7.67. The molecule has 1 aromatic heterocycles. The third kappa shape index (κ3) is 4.04. The number of H-pyrrole nitrogens is 1. The van der Waals surface area contributed by atoms with Gasteiger partial charge >= 0.3 is 29.2 Å². The molecule has 0 spiro atoms. The predicted molar refractivity (Wildman–Crippen MR) is 88.5 cm³/mol. The zero-order valence-corrected chi connectivity index (χ0v) is 17.4. The van der Waals surface area contributed by atoms with Gasteiger partial charge in [0.1, 0.15) is 5.60 Å². The van der Waals surface area contributed by atoms with Crippen LogP contribution in [0, 0.1) is 0 Å². The molecule has 6 N–H and O–H groups in total. The number of aliphatic hydroxyl groups is 1. The van der Waals surface area contributed by atoms with E-state index in [2.05, 4.69) is 17.9 Å². The van der Waals surface area contributed by atoms with Crippen molar-refractivity contribution >= 4 is 23.5 Å². The smallest absolute Gasteiger partial charge is 0.382 e. The number of phosphoric ester groups is 1. The number of nitrogens with zero attached hydrogens (tertiary/aromatic N) is 1. The fourth-order valence-electron chi connectivity index (χ4n) is 3.08. The lowest BCUT2D eigenvalue weighted by Gasteiger charge is -2.31. The minimum absolute atomic E-state index is 0.415. The fraction of sp³-hybridized carbons (Fsp3) is 0.600. The first-order valence-corrected chi connectivity index (χ1v) is 12.2. The Hall–Kier alpha value is -1.13. The number of fused-ring (bicyclic) bond motifs is 1. The number of halogens is 2. The van der Waals surface area contributed by atoms with E-state index in [1.54, 1.807) is 4.98 Å². The summed E-state index contributed by atoms with van der Waals surface area (Å²) in [6.07, 6.45) is -4.13. The van der Waals surface area contributed by atoms with Gasteiger partial charge in [0.15, 0.2) is 12.3 Å². The molecule has 176 valence electrons. The van der Waals surface area contributed by atoms with Gasteiger partial charge in [-0.1, -0.05) is 0 Å². The third-order valence-corrected chi connectivity index (χ3v) is 8.17. The summed E-state index contributed by atoms with van der Waals surface area (Å²) >= 11 is 0. The van der Waals surface area contributed by atoms with E-state index in [0.29, 0.717) is 11.5 Å². The number of rotatable bonds is 7. The average molecular weight is 516 g/mol. The molecule has 7 atom stereocenters. The maximum absolute atomic E-state index is 15.3. The van der Waals surface area contributed by atoms with E-state index in [1.807, 2.05) is 0 Å². The van der Waals surface area contributed by atoms with Gasteiger partial charge in [0.25, 0.3) is 11.4 Å². The maximum Gasteiger partial charge on any atom is 0.490 e.